The summed E-state index contributed by atoms with van der Waals surface area (Å²) >= 11 is 6.56. The van der Waals surface area contributed by atoms with E-state index in [1.807, 2.05) is 17.0 Å². The highest BCUT2D eigenvalue weighted by Gasteiger charge is 2.50. The Balaban J connectivity index is 1.31. The Hall–Kier alpha value is -3.89. The van der Waals surface area contributed by atoms with Gasteiger partial charge in [-0.15, -0.1) is 0 Å². The van der Waals surface area contributed by atoms with E-state index in [1.165, 1.54) is 11.0 Å². The molecule has 2 aromatic heterocycles. The smallest absolute Gasteiger partial charge is 0.319 e. The van der Waals surface area contributed by atoms with E-state index in [2.05, 4.69) is 23.5 Å². The van der Waals surface area contributed by atoms with E-state index in [0.29, 0.717) is 64.4 Å². The summed E-state index contributed by atoms with van der Waals surface area (Å²) in [5.74, 6) is -1.58. The van der Waals surface area contributed by atoms with Gasteiger partial charge in [-0.05, 0) is 51.1 Å². The maximum absolute atomic E-state index is 16.0. The van der Waals surface area contributed by atoms with Gasteiger partial charge in [0.1, 0.15) is 18.2 Å². The maximum atomic E-state index is 16.0. The van der Waals surface area contributed by atoms with Crippen molar-refractivity contribution in [1.82, 2.24) is 24.8 Å². The van der Waals surface area contributed by atoms with Crippen molar-refractivity contribution in [3.8, 4) is 17.1 Å². The Morgan fingerprint density at radius 1 is 1.14 bits per heavy atom. The van der Waals surface area contributed by atoms with Gasteiger partial charge in [0.25, 0.3) is 5.91 Å². The van der Waals surface area contributed by atoms with Crippen LogP contribution in [0.1, 0.15) is 19.3 Å². The molecular weight excluding hydrogens is 562 g/mol. The number of likely N-dealkylation sites (tertiary alicyclic amines) is 2. The van der Waals surface area contributed by atoms with Crippen LogP contribution in [0.3, 0.4) is 0 Å². The van der Waals surface area contributed by atoms with Crippen molar-refractivity contribution < 1.29 is 18.3 Å². The number of ether oxygens (including phenoxy) is 1. The number of hydrogen-bond acceptors (Lipinski definition) is 7. The summed E-state index contributed by atoms with van der Waals surface area (Å²) in [6.07, 6.45) is 6.08. The third-order valence-electron chi connectivity index (χ3n) is 8.90. The lowest BCUT2D eigenvalue weighted by molar-refractivity contribution is -0.130. The Labute approximate surface area is 246 Å². The number of rotatable bonds is 6. The van der Waals surface area contributed by atoms with E-state index in [9.17, 15) is 9.18 Å². The van der Waals surface area contributed by atoms with Gasteiger partial charge in [-0.3, -0.25) is 9.78 Å². The highest BCUT2D eigenvalue weighted by Crippen LogP contribution is 2.42. The molecule has 0 spiro atoms. The van der Waals surface area contributed by atoms with Gasteiger partial charge >= 0.3 is 6.01 Å². The van der Waals surface area contributed by atoms with Gasteiger partial charge in [-0.25, -0.2) is 8.78 Å². The summed E-state index contributed by atoms with van der Waals surface area (Å²) < 4.78 is 35.8. The monoisotopic (exact) mass is 590 g/mol. The van der Waals surface area contributed by atoms with Crippen LogP contribution < -0.4 is 9.64 Å². The molecule has 3 aliphatic heterocycles. The minimum absolute atomic E-state index is 0.0796. The second-order valence-electron chi connectivity index (χ2n) is 11.3. The number of hydrogen-bond donors (Lipinski definition) is 0. The first-order valence-electron chi connectivity index (χ1n) is 14.1. The number of fused-ring (bicyclic) bond motifs is 3. The van der Waals surface area contributed by atoms with Crippen LogP contribution >= 0.6 is 11.6 Å². The minimum Gasteiger partial charge on any atom is -0.462 e. The van der Waals surface area contributed by atoms with Gasteiger partial charge < -0.3 is 19.4 Å². The second kappa shape index (κ2) is 10.4. The zero-order chi connectivity index (χ0) is 29.1. The molecule has 0 aliphatic carbocycles. The van der Waals surface area contributed by atoms with Crippen LogP contribution in [0.5, 0.6) is 6.01 Å². The molecule has 3 saturated heterocycles. The predicted octanol–water partition coefficient (Wildman–Crippen LogP) is 5.38. The SMILES string of the molecule is C=C(F)C(=O)N1CCC2[C@H]1CN2c1nc(OC[C@@H]2CCCN2C)nc2cc(-c3cncc4cccc(Cl)c34)c(F)cc12. The topological polar surface area (TPSA) is 74.7 Å². The van der Waals surface area contributed by atoms with E-state index in [4.69, 9.17) is 26.3 Å². The number of anilines is 1. The number of benzene rings is 2. The highest BCUT2D eigenvalue weighted by molar-refractivity contribution is 6.36. The number of carbonyl (C=O) groups excluding carboxylic acids is 1. The number of likely N-dealkylation sites (N-methyl/N-ethyl adjacent to an activating group) is 1. The van der Waals surface area contributed by atoms with Crippen molar-refractivity contribution in [3.05, 3.63) is 66.0 Å². The summed E-state index contributed by atoms with van der Waals surface area (Å²) in [6, 6.07) is 8.84. The van der Waals surface area contributed by atoms with Crippen LogP contribution in [0.15, 0.2) is 55.1 Å². The van der Waals surface area contributed by atoms with Crippen LogP contribution in [0.25, 0.3) is 32.8 Å². The molecule has 3 aliphatic rings. The number of aromatic nitrogens is 3. The van der Waals surface area contributed by atoms with Crippen LogP contribution in [-0.2, 0) is 4.79 Å². The largest absolute Gasteiger partial charge is 0.462 e. The first-order chi connectivity index (χ1) is 20.3. The van der Waals surface area contributed by atoms with Gasteiger partial charge in [0.05, 0.1) is 17.6 Å². The van der Waals surface area contributed by atoms with Crippen molar-refractivity contribution in [2.75, 3.05) is 38.2 Å². The molecule has 0 bridgehead atoms. The fourth-order valence-electron chi connectivity index (χ4n) is 6.63. The normalized spacial score (nSPS) is 22.0. The first-order valence-corrected chi connectivity index (χ1v) is 14.5. The summed E-state index contributed by atoms with van der Waals surface area (Å²) in [5.41, 5.74) is 1.40. The molecule has 2 aromatic carbocycles. The van der Waals surface area contributed by atoms with Crippen LogP contribution in [0, 0.1) is 5.82 Å². The summed E-state index contributed by atoms with van der Waals surface area (Å²) in [5, 5.41) is 2.54. The lowest BCUT2D eigenvalue weighted by Crippen LogP contribution is -2.63. The molecule has 0 radical (unpaired) electrons. The molecule has 0 N–H and O–H groups in total. The molecule has 216 valence electrons. The van der Waals surface area contributed by atoms with E-state index >= 15 is 4.39 Å². The van der Waals surface area contributed by atoms with Crippen molar-refractivity contribution in [1.29, 1.82) is 0 Å². The fraction of sp³-hybridized carbons (Fsp3) is 0.355. The van der Waals surface area contributed by atoms with E-state index in [0.717, 1.165) is 24.8 Å². The van der Waals surface area contributed by atoms with Crippen LogP contribution in [0.2, 0.25) is 5.02 Å². The molecule has 3 atom stereocenters. The molecule has 3 fully saturated rings. The Morgan fingerprint density at radius 3 is 2.79 bits per heavy atom. The maximum Gasteiger partial charge on any atom is 0.319 e. The quantitative estimate of drug-likeness (QED) is 0.279. The number of amides is 1. The lowest BCUT2D eigenvalue weighted by atomic mass is 9.95. The highest BCUT2D eigenvalue weighted by atomic mass is 35.5. The molecule has 8 nitrogen and oxygen atoms in total. The number of carbonyl (C=O) groups is 1. The zero-order valence-electron chi connectivity index (χ0n) is 23.1. The second-order valence-corrected chi connectivity index (χ2v) is 11.7. The van der Waals surface area contributed by atoms with Gasteiger partial charge in [-0.1, -0.05) is 30.3 Å². The summed E-state index contributed by atoms with van der Waals surface area (Å²) in [4.78, 5) is 32.0. The zero-order valence-corrected chi connectivity index (χ0v) is 23.8. The van der Waals surface area contributed by atoms with Crippen molar-refractivity contribution in [2.24, 2.45) is 0 Å². The van der Waals surface area contributed by atoms with Gasteiger partial charge in [-0.2, -0.15) is 9.97 Å². The number of nitrogens with zero attached hydrogens (tertiary/aromatic N) is 6. The number of halogens is 3. The van der Waals surface area contributed by atoms with E-state index < -0.39 is 17.6 Å². The molecule has 5 heterocycles. The Morgan fingerprint density at radius 2 is 2.00 bits per heavy atom. The molecule has 7 rings (SSSR count). The molecule has 0 saturated carbocycles. The van der Waals surface area contributed by atoms with Gasteiger partial charge in [0.2, 0.25) is 0 Å². The van der Waals surface area contributed by atoms with Gasteiger partial charge in [0, 0.05) is 63.8 Å². The van der Waals surface area contributed by atoms with Crippen LogP contribution in [0.4, 0.5) is 14.6 Å². The molecule has 1 amide bonds. The summed E-state index contributed by atoms with van der Waals surface area (Å²) in [7, 11) is 2.07. The first kappa shape index (κ1) is 27.0. The predicted molar refractivity (Wildman–Crippen MR) is 158 cm³/mol. The van der Waals surface area contributed by atoms with Crippen molar-refractivity contribution >= 4 is 45.0 Å². The molecular formula is C31H29ClF2N6O2. The Kier molecular flexibility index (Phi) is 6.70. The standard InChI is InChI=1S/C31H29ClF2N6O2/c1-17(33)30(41)39-10-8-26-27(39)15-40(26)29-21-11-24(34)20(22-14-35-13-18-5-3-7-23(32)28(18)22)12-25(21)36-31(37-29)42-16-19-6-4-9-38(19)2/h3,5,7,11-14,19,26-27H,1,4,6,8-10,15-16H2,2H3/t19-,26?,27+/m0/s1. The Bertz CT molecular complexity index is 1750. The fourth-order valence-corrected chi connectivity index (χ4v) is 6.91. The average molecular weight is 591 g/mol. The summed E-state index contributed by atoms with van der Waals surface area (Å²) in [6.45, 7) is 5.48. The lowest BCUT2D eigenvalue weighted by Gasteiger charge is -2.47. The van der Waals surface area contributed by atoms with Crippen molar-refractivity contribution in [2.45, 2.75) is 37.4 Å². The molecule has 11 heteroatoms. The van der Waals surface area contributed by atoms with Gasteiger partial charge in [0.15, 0.2) is 5.83 Å². The molecule has 1 unspecified atom stereocenters. The molecule has 4 aromatic rings. The molecule has 42 heavy (non-hydrogen) atoms. The third kappa shape index (κ3) is 4.44. The average Bonchev–Trinajstić information content (AvgIpc) is 3.53. The van der Waals surface area contributed by atoms with E-state index in [-0.39, 0.29) is 24.1 Å². The number of pyridine rings is 1. The van der Waals surface area contributed by atoms with Crippen LogP contribution in [-0.4, -0.2) is 82.1 Å². The minimum atomic E-state index is -0.966. The van der Waals surface area contributed by atoms with E-state index in [1.54, 1.807) is 24.5 Å². The van der Waals surface area contributed by atoms with Crippen molar-refractivity contribution in [3.63, 3.8) is 0 Å². The third-order valence-corrected chi connectivity index (χ3v) is 9.22.